The molecular formula is C20H11Cl2N3O5. The van der Waals surface area contributed by atoms with Crippen LogP contribution in [0.15, 0.2) is 58.5 Å². The highest BCUT2D eigenvalue weighted by atomic mass is 35.5. The number of amides is 1. The number of nitro groups is 1. The van der Waals surface area contributed by atoms with Crippen molar-refractivity contribution in [1.29, 1.82) is 5.26 Å². The number of aromatic hydroxyl groups is 1. The van der Waals surface area contributed by atoms with Gasteiger partial charge in [0.2, 0.25) is 0 Å². The largest absolute Gasteiger partial charge is 0.508 e. The molecule has 0 fully saturated rings. The predicted octanol–water partition coefficient (Wildman–Crippen LogP) is 5.41. The summed E-state index contributed by atoms with van der Waals surface area (Å²) in [7, 11) is 0. The van der Waals surface area contributed by atoms with Crippen molar-refractivity contribution in [2.45, 2.75) is 0 Å². The summed E-state index contributed by atoms with van der Waals surface area (Å²) in [6.07, 6.45) is 1.22. The number of phenols is 1. The Labute approximate surface area is 179 Å². The van der Waals surface area contributed by atoms with Gasteiger partial charge in [-0.25, -0.2) is 0 Å². The van der Waals surface area contributed by atoms with E-state index in [1.54, 1.807) is 6.07 Å². The van der Waals surface area contributed by atoms with Gasteiger partial charge >= 0.3 is 0 Å². The van der Waals surface area contributed by atoms with Crippen LogP contribution >= 0.6 is 23.2 Å². The topological polar surface area (TPSA) is 129 Å². The quantitative estimate of drug-likeness (QED) is 0.178. The molecule has 0 atom stereocenters. The minimum atomic E-state index is -0.679. The summed E-state index contributed by atoms with van der Waals surface area (Å²) in [5, 5.41) is 32.2. The highest BCUT2D eigenvalue weighted by molar-refractivity contribution is 6.37. The van der Waals surface area contributed by atoms with E-state index >= 15 is 0 Å². The summed E-state index contributed by atoms with van der Waals surface area (Å²) in [5.74, 6) is -0.284. The molecule has 0 aliphatic carbocycles. The van der Waals surface area contributed by atoms with Crippen LogP contribution in [0.4, 0.5) is 11.4 Å². The smallest absolute Gasteiger partial charge is 0.288 e. The number of benzene rings is 2. The second kappa shape index (κ2) is 8.69. The van der Waals surface area contributed by atoms with Crippen molar-refractivity contribution in [2.24, 2.45) is 0 Å². The summed E-state index contributed by atoms with van der Waals surface area (Å²) < 4.78 is 5.58. The van der Waals surface area contributed by atoms with Crippen LogP contribution in [0.2, 0.25) is 10.0 Å². The highest BCUT2D eigenvalue weighted by Gasteiger charge is 2.19. The van der Waals surface area contributed by atoms with Crippen LogP contribution in [0, 0.1) is 21.4 Å². The maximum Gasteiger partial charge on any atom is 0.288 e. The SMILES string of the molecule is N#C/C(=C/c1ccc(-c2cc([N+](=O)[O-])c(Cl)cc2Cl)o1)C(=O)Nc1ccc(O)cc1. The number of rotatable bonds is 5. The Bertz CT molecular complexity index is 1210. The summed E-state index contributed by atoms with van der Waals surface area (Å²) >= 11 is 11.9. The van der Waals surface area contributed by atoms with E-state index in [4.69, 9.17) is 27.6 Å². The number of furan rings is 1. The molecule has 1 amide bonds. The number of nitrogens with zero attached hydrogens (tertiary/aromatic N) is 2. The molecule has 0 bridgehead atoms. The summed E-state index contributed by atoms with van der Waals surface area (Å²) in [4.78, 5) is 22.8. The van der Waals surface area contributed by atoms with Crippen LogP contribution in [0.5, 0.6) is 5.75 Å². The molecule has 0 saturated heterocycles. The number of anilines is 1. The highest BCUT2D eigenvalue weighted by Crippen LogP contribution is 2.37. The van der Waals surface area contributed by atoms with Gasteiger partial charge in [0.25, 0.3) is 11.6 Å². The van der Waals surface area contributed by atoms with Crippen molar-refractivity contribution in [3.8, 4) is 23.1 Å². The summed E-state index contributed by atoms with van der Waals surface area (Å²) in [6, 6.07) is 12.9. The normalized spacial score (nSPS) is 11.0. The first kappa shape index (κ1) is 20.9. The Balaban J connectivity index is 1.87. The molecule has 8 nitrogen and oxygen atoms in total. The fourth-order valence-corrected chi connectivity index (χ4v) is 3.02. The average molecular weight is 444 g/mol. The third kappa shape index (κ3) is 4.60. The van der Waals surface area contributed by atoms with Gasteiger partial charge in [0.15, 0.2) is 0 Å². The molecule has 1 heterocycles. The van der Waals surface area contributed by atoms with E-state index in [2.05, 4.69) is 5.32 Å². The molecule has 1 aromatic heterocycles. The van der Waals surface area contributed by atoms with Crippen molar-refractivity contribution in [2.75, 3.05) is 5.32 Å². The Morgan fingerprint density at radius 3 is 2.50 bits per heavy atom. The molecule has 0 radical (unpaired) electrons. The summed E-state index contributed by atoms with van der Waals surface area (Å²) in [6.45, 7) is 0. The van der Waals surface area contributed by atoms with E-state index in [-0.39, 0.29) is 44.1 Å². The van der Waals surface area contributed by atoms with Crippen molar-refractivity contribution < 1.29 is 19.2 Å². The van der Waals surface area contributed by atoms with E-state index < -0.39 is 10.8 Å². The van der Waals surface area contributed by atoms with Crippen LogP contribution < -0.4 is 5.32 Å². The van der Waals surface area contributed by atoms with Gasteiger partial charge < -0.3 is 14.8 Å². The first-order valence-electron chi connectivity index (χ1n) is 8.24. The molecule has 0 spiro atoms. The second-order valence-electron chi connectivity index (χ2n) is 5.91. The number of halogens is 2. The lowest BCUT2D eigenvalue weighted by molar-refractivity contribution is -0.384. The van der Waals surface area contributed by atoms with Gasteiger partial charge in [-0.05, 0) is 42.5 Å². The van der Waals surface area contributed by atoms with Crippen molar-refractivity contribution in [3.05, 3.63) is 80.0 Å². The lowest BCUT2D eigenvalue weighted by Crippen LogP contribution is -2.13. The molecule has 2 N–H and O–H groups in total. The number of nitro benzene ring substituents is 1. The molecule has 3 rings (SSSR count). The maximum atomic E-state index is 12.3. The number of phenolic OH excluding ortho intramolecular Hbond substituents is 1. The lowest BCUT2D eigenvalue weighted by atomic mass is 10.1. The molecule has 3 aromatic rings. The molecule has 30 heavy (non-hydrogen) atoms. The van der Waals surface area contributed by atoms with E-state index in [1.807, 2.05) is 0 Å². The third-order valence-corrected chi connectivity index (χ3v) is 4.52. The fourth-order valence-electron chi connectivity index (χ4n) is 2.48. The standard InChI is InChI=1S/C20H11Cl2N3O5/c21-16-9-17(22)18(25(28)29)8-15(16)19-6-5-14(30-19)7-11(10-23)20(27)24-12-1-3-13(26)4-2-12/h1-9,26H,(H,24,27)/b11-7-. The lowest BCUT2D eigenvalue weighted by Gasteiger charge is -2.04. The van der Waals surface area contributed by atoms with Crippen LogP contribution in [-0.2, 0) is 4.79 Å². The van der Waals surface area contributed by atoms with Gasteiger partial charge in [0.1, 0.15) is 33.9 Å². The number of nitrogens with one attached hydrogen (secondary N) is 1. The van der Waals surface area contributed by atoms with Gasteiger partial charge in [-0.3, -0.25) is 14.9 Å². The number of nitriles is 1. The zero-order valence-electron chi connectivity index (χ0n) is 14.9. The van der Waals surface area contributed by atoms with Crippen molar-refractivity contribution in [1.82, 2.24) is 0 Å². The first-order chi connectivity index (χ1) is 14.3. The Kier molecular flexibility index (Phi) is 6.06. The monoisotopic (exact) mass is 443 g/mol. The second-order valence-corrected chi connectivity index (χ2v) is 6.73. The van der Waals surface area contributed by atoms with Gasteiger partial charge in [-0.2, -0.15) is 5.26 Å². The third-order valence-electron chi connectivity index (χ3n) is 3.90. The van der Waals surface area contributed by atoms with E-state index in [9.17, 15) is 25.3 Å². The van der Waals surface area contributed by atoms with Gasteiger partial charge in [-0.1, -0.05) is 23.2 Å². The molecule has 0 unspecified atom stereocenters. The summed E-state index contributed by atoms with van der Waals surface area (Å²) in [5.41, 5.74) is 0.0477. The van der Waals surface area contributed by atoms with Crippen LogP contribution in [0.25, 0.3) is 17.4 Å². The van der Waals surface area contributed by atoms with Gasteiger partial charge in [-0.15, -0.1) is 0 Å². The fraction of sp³-hybridized carbons (Fsp3) is 0. The van der Waals surface area contributed by atoms with E-state index in [0.29, 0.717) is 5.69 Å². The first-order valence-corrected chi connectivity index (χ1v) is 9.00. The van der Waals surface area contributed by atoms with E-state index in [1.165, 1.54) is 54.6 Å². The minimum Gasteiger partial charge on any atom is -0.508 e. The zero-order chi connectivity index (χ0) is 21.8. The van der Waals surface area contributed by atoms with Gasteiger partial charge in [0.05, 0.1) is 9.95 Å². The van der Waals surface area contributed by atoms with Crippen molar-refractivity contribution in [3.63, 3.8) is 0 Å². The van der Waals surface area contributed by atoms with Crippen LogP contribution in [0.1, 0.15) is 5.76 Å². The number of carbonyl (C=O) groups excluding carboxylic acids is 1. The molecule has 2 aromatic carbocycles. The number of hydrogen-bond acceptors (Lipinski definition) is 6. The molecule has 0 saturated carbocycles. The Hall–Kier alpha value is -3.80. The molecular weight excluding hydrogens is 433 g/mol. The molecule has 0 aliphatic heterocycles. The Morgan fingerprint density at radius 2 is 1.87 bits per heavy atom. The van der Waals surface area contributed by atoms with Gasteiger partial charge in [0, 0.05) is 23.4 Å². The molecule has 10 heteroatoms. The van der Waals surface area contributed by atoms with E-state index in [0.717, 1.165) is 0 Å². The number of hydrogen-bond donors (Lipinski definition) is 2. The number of carbonyl (C=O) groups is 1. The maximum absolute atomic E-state index is 12.3. The molecule has 0 aliphatic rings. The van der Waals surface area contributed by atoms with Crippen LogP contribution in [-0.4, -0.2) is 15.9 Å². The van der Waals surface area contributed by atoms with Crippen LogP contribution in [0.3, 0.4) is 0 Å². The Morgan fingerprint density at radius 1 is 1.17 bits per heavy atom. The van der Waals surface area contributed by atoms with Crippen molar-refractivity contribution >= 4 is 46.6 Å². The average Bonchev–Trinajstić information content (AvgIpc) is 3.16. The predicted molar refractivity (Wildman–Crippen MR) is 111 cm³/mol. The zero-order valence-corrected chi connectivity index (χ0v) is 16.4. The minimum absolute atomic E-state index is 0.0354. The molecule has 150 valence electrons.